The molecule has 3 nitrogen and oxygen atoms in total. The molecule has 1 rings (SSSR count). The highest BCUT2D eigenvalue weighted by Crippen LogP contribution is 2.26. The van der Waals surface area contributed by atoms with Crippen LogP contribution in [0.4, 0.5) is 0 Å². The highest BCUT2D eigenvalue weighted by Gasteiger charge is 2.02. The van der Waals surface area contributed by atoms with Crippen molar-refractivity contribution >= 4 is 0 Å². The minimum atomic E-state index is 0.181. The molecule has 0 unspecified atom stereocenters. The quantitative estimate of drug-likeness (QED) is 0.771. The second-order valence-corrected chi connectivity index (χ2v) is 3.54. The number of phenols is 1. The van der Waals surface area contributed by atoms with Gasteiger partial charge in [-0.1, -0.05) is 19.9 Å². The molecular weight excluding hydrogens is 178 g/mol. The van der Waals surface area contributed by atoms with Gasteiger partial charge in [-0.2, -0.15) is 0 Å². The Balaban J connectivity index is 2.69. The molecule has 3 heteroatoms. The molecule has 14 heavy (non-hydrogen) atoms. The van der Waals surface area contributed by atoms with Gasteiger partial charge in [-0.05, 0) is 17.7 Å². The van der Waals surface area contributed by atoms with Crippen LogP contribution in [0.2, 0.25) is 0 Å². The molecule has 0 aliphatic carbocycles. The highest BCUT2D eigenvalue weighted by atomic mass is 16.5. The maximum Gasteiger partial charge on any atom is 0.160 e. The normalized spacial score (nSPS) is 10.6. The number of rotatable bonds is 4. The van der Waals surface area contributed by atoms with Gasteiger partial charge in [0.1, 0.15) is 0 Å². The average Bonchev–Trinajstić information content (AvgIpc) is 2.16. The molecule has 0 fully saturated rings. The Morgan fingerprint density at radius 1 is 1.43 bits per heavy atom. The van der Waals surface area contributed by atoms with Gasteiger partial charge >= 0.3 is 0 Å². The van der Waals surface area contributed by atoms with E-state index in [4.69, 9.17) is 4.74 Å². The predicted octanol–water partition coefficient (Wildman–Crippen LogP) is 1.90. The van der Waals surface area contributed by atoms with Gasteiger partial charge < -0.3 is 15.2 Å². The van der Waals surface area contributed by atoms with Gasteiger partial charge in [-0.3, -0.25) is 0 Å². The summed E-state index contributed by atoms with van der Waals surface area (Å²) >= 11 is 0. The molecule has 1 aromatic carbocycles. The van der Waals surface area contributed by atoms with Crippen molar-refractivity contribution in [3.63, 3.8) is 0 Å². The third-order valence-electron chi connectivity index (χ3n) is 1.96. The summed E-state index contributed by atoms with van der Waals surface area (Å²) in [6.07, 6.45) is 0. The Morgan fingerprint density at radius 3 is 2.71 bits per heavy atom. The molecule has 0 atom stereocenters. The second kappa shape index (κ2) is 4.86. The number of nitrogens with one attached hydrogen (secondary N) is 1. The molecule has 0 aromatic heterocycles. The van der Waals surface area contributed by atoms with E-state index in [9.17, 15) is 5.11 Å². The third kappa shape index (κ3) is 2.92. The van der Waals surface area contributed by atoms with Gasteiger partial charge in [0, 0.05) is 12.6 Å². The Morgan fingerprint density at radius 2 is 2.14 bits per heavy atom. The molecule has 0 spiro atoms. The first-order chi connectivity index (χ1) is 6.63. The van der Waals surface area contributed by atoms with E-state index in [0.717, 1.165) is 12.1 Å². The van der Waals surface area contributed by atoms with Crippen molar-refractivity contribution in [2.75, 3.05) is 7.11 Å². The zero-order valence-corrected chi connectivity index (χ0v) is 8.87. The molecule has 1 aromatic rings. The van der Waals surface area contributed by atoms with Crippen LogP contribution >= 0.6 is 0 Å². The Hall–Kier alpha value is -1.22. The largest absolute Gasteiger partial charge is 0.504 e. The SMILES string of the molecule is COc1cc(CNC(C)C)ccc1O. The molecule has 0 radical (unpaired) electrons. The molecule has 0 aliphatic rings. The zero-order valence-electron chi connectivity index (χ0n) is 8.87. The molecule has 0 bridgehead atoms. The number of aromatic hydroxyl groups is 1. The Labute approximate surface area is 84.7 Å². The van der Waals surface area contributed by atoms with Gasteiger partial charge in [-0.25, -0.2) is 0 Å². The molecular formula is C11H17NO2. The Bertz CT molecular complexity index is 297. The van der Waals surface area contributed by atoms with Gasteiger partial charge in [0.25, 0.3) is 0 Å². The van der Waals surface area contributed by atoms with Crippen LogP contribution in [0.15, 0.2) is 18.2 Å². The van der Waals surface area contributed by atoms with Crippen LogP contribution < -0.4 is 10.1 Å². The minimum absolute atomic E-state index is 0.181. The van der Waals surface area contributed by atoms with Crippen LogP contribution in [-0.2, 0) is 6.54 Å². The van der Waals surface area contributed by atoms with E-state index in [2.05, 4.69) is 19.2 Å². The third-order valence-corrected chi connectivity index (χ3v) is 1.96. The van der Waals surface area contributed by atoms with E-state index in [1.165, 1.54) is 0 Å². The fourth-order valence-electron chi connectivity index (χ4n) is 1.15. The van der Waals surface area contributed by atoms with Crippen molar-refractivity contribution in [1.29, 1.82) is 0 Å². The average molecular weight is 195 g/mol. The maximum atomic E-state index is 9.37. The van der Waals surface area contributed by atoms with E-state index in [-0.39, 0.29) is 5.75 Å². The van der Waals surface area contributed by atoms with Crippen LogP contribution in [0.5, 0.6) is 11.5 Å². The Kier molecular flexibility index (Phi) is 3.77. The summed E-state index contributed by atoms with van der Waals surface area (Å²) in [5.74, 6) is 0.703. The predicted molar refractivity (Wildman–Crippen MR) is 56.6 cm³/mol. The van der Waals surface area contributed by atoms with Crippen molar-refractivity contribution in [1.82, 2.24) is 5.32 Å². The summed E-state index contributed by atoms with van der Waals surface area (Å²) in [5, 5.41) is 12.7. The zero-order chi connectivity index (χ0) is 10.6. The number of hydrogen-bond acceptors (Lipinski definition) is 3. The lowest BCUT2D eigenvalue weighted by atomic mass is 10.2. The van der Waals surface area contributed by atoms with Crippen molar-refractivity contribution < 1.29 is 9.84 Å². The van der Waals surface area contributed by atoms with E-state index >= 15 is 0 Å². The topological polar surface area (TPSA) is 41.5 Å². The van der Waals surface area contributed by atoms with Gasteiger partial charge in [0.05, 0.1) is 7.11 Å². The van der Waals surface area contributed by atoms with E-state index in [1.54, 1.807) is 13.2 Å². The van der Waals surface area contributed by atoms with E-state index < -0.39 is 0 Å². The monoisotopic (exact) mass is 195 g/mol. The van der Waals surface area contributed by atoms with E-state index in [1.807, 2.05) is 12.1 Å². The first-order valence-corrected chi connectivity index (χ1v) is 4.72. The number of methoxy groups -OCH3 is 1. The first kappa shape index (κ1) is 10.9. The van der Waals surface area contributed by atoms with Crippen molar-refractivity contribution in [2.24, 2.45) is 0 Å². The van der Waals surface area contributed by atoms with Crippen LogP contribution in [0.3, 0.4) is 0 Å². The fraction of sp³-hybridized carbons (Fsp3) is 0.455. The van der Waals surface area contributed by atoms with E-state index in [0.29, 0.717) is 11.8 Å². The summed E-state index contributed by atoms with van der Waals surface area (Å²) in [4.78, 5) is 0. The molecule has 2 N–H and O–H groups in total. The number of phenolic OH excluding ortho intramolecular Hbond substituents is 1. The summed E-state index contributed by atoms with van der Waals surface area (Å²) in [5.41, 5.74) is 1.10. The van der Waals surface area contributed by atoms with Crippen LogP contribution in [0, 0.1) is 0 Å². The molecule has 78 valence electrons. The summed E-state index contributed by atoms with van der Waals surface area (Å²) in [6.45, 7) is 4.98. The van der Waals surface area contributed by atoms with Crippen molar-refractivity contribution in [3.8, 4) is 11.5 Å². The molecule has 0 aliphatic heterocycles. The molecule has 0 amide bonds. The summed E-state index contributed by atoms with van der Waals surface area (Å²) in [7, 11) is 1.55. The molecule has 0 saturated heterocycles. The maximum absolute atomic E-state index is 9.37. The second-order valence-electron chi connectivity index (χ2n) is 3.54. The lowest BCUT2D eigenvalue weighted by molar-refractivity contribution is 0.372. The number of benzene rings is 1. The van der Waals surface area contributed by atoms with Crippen molar-refractivity contribution in [3.05, 3.63) is 23.8 Å². The van der Waals surface area contributed by atoms with Crippen LogP contribution in [0.25, 0.3) is 0 Å². The highest BCUT2D eigenvalue weighted by molar-refractivity contribution is 5.41. The number of hydrogen-bond donors (Lipinski definition) is 2. The molecule has 0 saturated carbocycles. The van der Waals surface area contributed by atoms with Gasteiger partial charge in [0.2, 0.25) is 0 Å². The molecule has 0 heterocycles. The standard InChI is InChI=1S/C11H17NO2/c1-8(2)12-7-9-4-5-10(13)11(6-9)14-3/h4-6,8,12-13H,7H2,1-3H3. The van der Waals surface area contributed by atoms with Gasteiger partial charge in [0.15, 0.2) is 11.5 Å². The summed E-state index contributed by atoms with van der Waals surface area (Å²) in [6, 6.07) is 5.82. The smallest absolute Gasteiger partial charge is 0.160 e. The number of ether oxygens (including phenoxy) is 1. The summed E-state index contributed by atoms with van der Waals surface area (Å²) < 4.78 is 5.01. The fourth-order valence-corrected chi connectivity index (χ4v) is 1.15. The van der Waals surface area contributed by atoms with Crippen molar-refractivity contribution in [2.45, 2.75) is 26.4 Å². The van der Waals surface area contributed by atoms with Crippen LogP contribution in [-0.4, -0.2) is 18.3 Å². The van der Waals surface area contributed by atoms with Crippen LogP contribution in [0.1, 0.15) is 19.4 Å². The first-order valence-electron chi connectivity index (χ1n) is 4.72. The lowest BCUT2D eigenvalue weighted by Crippen LogP contribution is -2.21. The minimum Gasteiger partial charge on any atom is -0.504 e. The lowest BCUT2D eigenvalue weighted by Gasteiger charge is -2.09. The van der Waals surface area contributed by atoms with Gasteiger partial charge in [-0.15, -0.1) is 0 Å².